The summed E-state index contributed by atoms with van der Waals surface area (Å²) in [5.74, 6) is -0.106. The van der Waals surface area contributed by atoms with E-state index in [-0.39, 0.29) is 0 Å². The molecule has 0 unspecified atom stereocenters. The van der Waals surface area contributed by atoms with Gasteiger partial charge in [0.05, 0.1) is 11.4 Å². The maximum absolute atomic E-state index is 11.0. The average molecular weight is 180 g/mol. The molecule has 0 atom stereocenters. The molecule has 1 aromatic heterocycles. The molecule has 1 amide bonds. The van der Waals surface area contributed by atoms with Crippen LogP contribution in [0.1, 0.15) is 22.0 Å². The third kappa shape index (κ3) is 1.21. The molecule has 0 spiro atoms. The zero-order valence-corrected chi connectivity index (χ0v) is 7.50. The van der Waals surface area contributed by atoms with Crippen LogP contribution in [-0.4, -0.2) is 22.0 Å². The number of hydrogen-bond acceptors (Lipinski definition) is 3. The third-order valence-corrected chi connectivity index (χ3v) is 2.35. The van der Waals surface area contributed by atoms with Crippen LogP contribution in [0, 0.1) is 0 Å². The Balaban J connectivity index is 2.50. The molecule has 2 heterocycles. The topological polar surface area (TPSA) is 72.9 Å². The highest BCUT2D eigenvalue weighted by atomic mass is 16.1. The van der Waals surface area contributed by atoms with Crippen molar-refractivity contribution in [3.63, 3.8) is 0 Å². The molecule has 0 fully saturated rings. The number of aromatic nitrogens is 2. The number of carbonyl (C=O) groups excluding carboxylic acids is 1. The Morgan fingerprint density at radius 1 is 1.69 bits per heavy atom. The molecule has 0 bridgehead atoms. The second-order valence-electron chi connectivity index (χ2n) is 3.18. The molecular weight excluding hydrogens is 168 g/mol. The van der Waals surface area contributed by atoms with Gasteiger partial charge in [0.15, 0.2) is 5.82 Å². The number of fused-ring (bicyclic) bond motifs is 1. The number of primary amides is 1. The van der Waals surface area contributed by atoms with Crippen molar-refractivity contribution in [1.82, 2.24) is 14.9 Å². The third-order valence-electron chi connectivity index (χ3n) is 2.35. The minimum atomic E-state index is -0.461. The molecule has 70 valence electrons. The Labute approximate surface area is 75.9 Å². The summed E-state index contributed by atoms with van der Waals surface area (Å²) >= 11 is 0. The standard InChI is InChI=1S/C8H12N4O/c1-12-6-4-10-3-2-5(6)11-8(12)7(9)13/h10H,2-4H2,1H3,(H2,9,13). The van der Waals surface area contributed by atoms with Crippen molar-refractivity contribution in [2.24, 2.45) is 12.8 Å². The Morgan fingerprint density at radius 3 is 3.08 bits per heavy atom. The van der Waals surface area contributed by atoms with Gasteiger partial charge in [-0.25, -0.2) is 4.98 Å². The number of hydrogen-bond donors (Lipinski definition) is 2. The number of nitrogens with one attached hydrogen (secondary N) is 1. The van der Waals surface area contributed by atoms with Crippen molar-refractivity contribution in [2.75, 3.05) is 6.54 Å². The first-order valence-electron chi connectivity index (χ1n) is 4.25. The van der Waals surface area contributed by atoms with Crippen LogP contribution in [0.2, 0.25) is 0 Å². The maximum atomic E-state index is 11.0. The van der Waals surface area contributed by atoms with Crippen LogP contribution in [0.3, 0.4) is 0 Å². The molecule has 0 radical (unpaired) electrons. The van der Waals surface area contributed by atoms with E-state index in [1.807, 2.05) is 7.05 Å². The first-order chi connectivity index (χ1) is 6.20. The molecule has 13 heavy (non-hydrogen) atoms. The first-order valence-corrected chi connectivity index (χ1v) is 4.25. The highest BCUT2D eigenvalue weighted by molar-refractivity contribution is 5.89. The van der Waals surface area contributed by atoms with Gasteiger partial charge >= 0.3 is 0 Å². The van der Waals surface area contributed by atoms with Gasteiger partial charge in [-0.05, 0) is 0 Å². The van der Waals surface area contributed by atoms with Gasteiger partial charge in [0.2, 0.25) is 0 Å². The van der Waals surface area contributed by atoms with E-state index in [4.69, 9.17) is 5.73 Å². The smallest absolute Gasteiger partial charge is 0.284 e. The minimum Gasteiger partial charge on any atom is -0.363 e. The molecule has 1 aliphatic heterocycles. The van der Waals surface area contributed by atoms with Gasteiger partial charge in [0.25, 0.3) is 5.91 Å². The summed E-state index contributed by atoms with van der Waals surface area (Å²) in [6.45, 7) is 1.69. The zero-order chi connectivity index (χ0) is 9.42. The fourth-order valence-electron chi connectivity index (χ4n) is 1.64. The van der Waals surface area contributed by atoms with Gasteiger partial charge in [0.1, 0.15) is 0 Å². The predicted octanol–water partition coefficient (Wildman–Crippen LogP) is -0.835. The number of nitrogens with zero attached hydrogens (tertiary/aromatic N) is 2. The molecular formula is C8H12N4O. The van der Waals surface area contributed by atoms with Crippen molar-refractivity contribution in [2.45, 2.75) is 13.0 Å². The maximum Gasteiger partial charge on any atom is 0.284 e. The molecule has 1 aromatic rings. The quantitative estimate of drug-likeness (QED) is 0.592. The normalized spacial score (nSPS) is 15.5. The summed E-state index contributed by atoms with van der Waals surface area (Å²) in [6, 6.07) is 0. The van der Waals surface area contributed by atoms with Crippen molar-refractivity contribution in [3.8, 4) is 0 Å². The Morgan fingerprint density at radius 2 is 2.46 bits per heavy atom. The van der Waals surface area contributed by atoms with E-state index in [9.17, 15) is 4.79 Å². The van der Waals surface area contributed by atoms with Crippen LogP contribution in [0.5, 0.6) is 0 Å². The van der Waals surface area contributed by atoms with Gasteiger partial charge in [-0.2, -0.15) is 0 Å². The van der Waals surface area contributed by atoms with E-state index in [0.29, 0.717) is 5.82 Å². The fourth-order valence-corrected chi connectivity index (χ4v) is 1.64. The van der Waals surface area contributed by atoms with E-state index in [1.165, 1.54) is 0 Å². The molecule has 1 aliphatic rings. The van der Waals surface area contributed by atoms with Crippen molar-refractivity contribution >= 4 is 5.91 Å². The highest BCUT2D eigenvalue weighted by Crippen LogP contribution is 2.13. The van der Waals surface area contributed by atoms with Crippen LogP contribution in [0.25, 0.3) is 0 Å². The van der Waals surface area contributed by atoms with Crippen LogP contribution < -0.4 is 11.1 Å². The molecule has 0 aliphatic carbocycles. The van der Waals surface area contributed by atoms with Gasteiger partial charge in [0, 0.05) is 26.6 Å². The molecule has 5 heteroatoms. The fraction of sp³-hybridized carbons (Fsp3) is 0.500. The van der Waals surface area contributed by atoms with E-state index in [0.717, 1.165) is 30.9 Å². The van der Waals surface area contributed by atoms with Crippen molar-refractivity contribution < 1.29 is 4.79 Å². The predicted molar refractivity (Wildman–Crippen MR) is 47.1 cm³/mol. The lowest BCUT2D eigenvalue weighted by atomic mass is 10.2. The lowest BCUT2D eigenvalue weighted by Gasteiger charge is -2.12. The largest absolute Gasteiger partial charge is 0.363 e. The lowest BCUT2D eigenvalue weighted by Crippen LogP contribution is -2.25. The molecule has 3 N–H and O–H groups in total. The average Bonchev–Trinajstić information content (AvgIpc) is 2.45. The Hall–Kier alpha value is -1.36. The van der Waals surface area contributed by atoms with E-state index >= 15 is 0 Å². The summed E-state index contributed by atoms with van der Waals surface area (Å²) in [5, 5.41) is 3.22. The van der Waals surface area contributed by atoms with E-state index in [1.54, 1.807) is 4.57 Å². The Kier molecular flexibility index (Phi) is 1.81. The monoisotopic (exact) mass is 180 g/mol. The van der Waals surface area contributed by atoms with Gasteiger partial charge < -0.3 is 15.6 Å². The number of rotatable bonds is 1. The number of carbonyl (C=O) groups is 1. The van der Waals surface area contributed by atoms with E-state index in [2.05, 4.69) is 10.3 Å². The summed E-state index contributed by atoms with van der Waals surface area (Å²) in [7, 11) is 1.82. The molecule has 0 aromatic carbocycles. The van der Waals surface area contributed by atoms with Crippen LogP contribution in [0.15, 0.2) is 0 Å². The number of imidazole rings is 1. The molecule has 0 saturated heterocycles. The first kappa shape index (κ1) is 8.25. The van der Waals surface area contributed by atoms with E-state index < -0.39 is 5.91 Å². The van der Waals surface area contributed by atoms with Gasteiger partial charge in [-0.3, -0.25) is 4.79 Å². The van der Waals surface area contributed by atoms with Gasteiger partial charge in [-0.1, -0.05) is 0 Å². The summed E-state index contributed by atoms with van der Waals surface area (Å²) in [4.78, 5) is 15.2. The molecule has 5 nitrogen and oxygen atoms in total. The molecule has 0 saturated carbocycles. The summed E-state index contributed by atoms with van der Waals surface area (Å²) in [6.07, 6.45) is 0.871. The van der Waals surface area contributed by atoms with Crippen LogP contribution in [-0.2, 0) is 20.0 Å². The van der Waals surface area contributed by atoms with Crippen LogP contribution >= 0.6 is 0 Å². The number of nitrogens with two attached hydrogens (primary N) is 1. The second kappa shape index (κ2) is 2.85. The minimum absolute atomic E-state index is 0.355. The lowest BCUT2D eigenvalue weighted by molar-refractivity contribution is 0.0987. The zero-order valence-electron chi connectivity index (χ0n) is 7.50. The highest BCUT2D eigenvalue weighted by Gasteiger charge is 2.19. The summed E-state index contributed by atoms with van der Waals surface area (Å²) in [5.41, 5.74) is 7.25. The second-order valence-corrected chi connectivity index (χ2v) is 3.18. The molecule has 2 rings (SSSR count). The number of amides is 1. The summed E-state index contributed by atoms with van der Waals surface area (Å²) < 4.78 is 1.77. The van der Waals surface area contributed by atoms with Crippen molar-refractivity contribution in [3.05, 3.63) is 17.2 Å². The van der Waals surface area contributed by atoms with Gasteiger partial charge in [-0.15, -0.1) is 0 Å². The van der Waals surface area contributed by atoms with Crippen molar-refractivity contribution in [1.29, 1.82) is 0 Å². The SMILES string of the molecule is Cn1c(C(N)=O)nc2c1CNCC2. The Bertz CT molecular complexity index is 355. The van der Waals surface area contributed by atoms with Crippen LogP contribution in [0.4, 0.5) is 0 Å².